The first kappa shape index (κ1) is 33.6. The van der Waals surface area contributed by atoms with E-state index in [1.807, 2.05) is 80.4 Å². The summed E-state index contributed by atoms with van der Waals surface area (Å²) in [4.78, 5) is 0.173. The Kier molecular flexibility index (Phi) is 14.3. The Hall–Kier alpha value is -1.60. The normalized spacial score (nSPS) is 16.1. The van der Waals surface area contributed by atoms with Crippen molar-refractivity contribution in [2.24, 2.45) is 0 Å². The van der Waals surface area contributed by atoms with E-state index in [4.69, 9.17) is 10.1 Å². The molecule has 4 rings (SSSR count). The van der Waals surface area contributed by atoms with Gasteiger partial charge in [-0.25, -0.2) is 8.42 Å². The van der Waals surface area contributed by atoms with E-state index in [0.717, 1.165) is 22.6 Å². The third-order valence-electron chi connectivity index (χ3n) is 6.07. The first-order valence-corrected chi connectivity index (χ1v) is 13.8. The van der Waals surface area contributed by atoms with Crippen LogP contribution in [0.3, 0.4) is 0 Å². The Labute approximate surface area is 253 Å². The maximum absolute atomic E-state index is 13.4. The molecular weight excluding hydrogens is 617 g/mol. The number of rotatable bonds is 12. The molecule has 8 heteroatoms. The van der Waals surface area contributed by atoms with E-state index in [2.05, 4.69) is 24.5 Å². The summed E-state index contributed by atoms with van der Waals surface area (Å²) < 4.78 is 37.1. The van der Waals surface area contributed by atoms with Crippen molar-refractivity contribution in [3.63, 3.8) is 0 Å². The molecule has 0 amide bonds. The number of benzene rings is 3. The van der Waals surface area contributed by atoms with Crippen LogP contribution in [0.4, 0.5) is 0 Å². The summed E-state index contributed by atoms with van der Waals surface area (Å²) in [5.74, 6) is 2.30. The van der Waals surface area contributed by atoms with Gasteiger partial charge >= 0.3 is 19.5 Å². The molecule has 0 aromatic heterocycles. The van der Waals surface area contributed by atoms with E-state index in [1.54, 1.807) is 24.3 Å². The van der Waals surface area contributed by atoms with Crippen LogP contribution in [-0.4, -0.2) is 28.2 Å². The minimum atomic E-state index is -3.92. The van der Waals surface area contributed by atoms with E-state index in [-0.39, 0.29) is 36.8 Å². The summed E-state index contributed by atoms with van der Waals surface area (Å²) in [6, 6.07) is 24.8. The third kappa shape index (κ3) is 10.1. The van der Waals surface area contributed by atoms with Gasteiger partial charge in [0, 0.05) is 17.4 Å². The maximum Gasteiger partial charge on any atom is 3.00 e. The molecule has 1 aliphatic rings. The van der Waals surface area contributed by atoms with Crippen LogP contribution in [-0.2, 0) is 34.2 Å². The minimum absolute atomic E-state index is 0. The van der Waals surface area contributed by atoms with Gasteiger partial charge in [0.25, 0.3) is 0 Å². The SMILES string of the molecule is C[C]1[CH][CH][CH][C](COCC[N-][C@H](c2ccccc2)[C@H]([N-]S(=O)(=O)c2ccc(C)cc2)c2ccccc2)[CH]1.[Cl-].[Ru+3]. The molecule has 3 aromatic rings. The van der Waals surface area contributed by atoms with Crippen molar-refractivity contribution in [1.82, 2.24) is 0 Å². The largest absolute Gasteiger partial charge is 3.00 e. The van der Waals surface area contributed by atoms with Crippen LogP contribution >= 0.6 is 0 Å². The molecule has 0 saturated heterocycles. The Morgan fingerprint density at radius 2 is 1.38 bits per heavy atom. The Morgan fingerprint density at radius 1 is 0.795 bits per heavy atom. The fourth-order valence-electron chi connectivity index (χ4n) is 4.16. The number of hydrogen-bond acceptors (Lipinski definition) is 3. The first-order valence-electron chi connectivity index (χ1n) is 12.4. The van der Waals surface area contributed by atoms with Crippen molar-refractivity contribution in [3.05, 3.63) is 149 Å². The predicted octanol–water partition coefficient (Wildman–Crippen LogP) is 3.93. The van der Waals surface area contributed by atoms with Crippen molar-refractivity contribution in [3.8, 4) is 0 Å². The van der Waals surface area contributed by atoms with Crippen LogP contribution in [0.1, 0.15) is 35.7 Å². The molecule has 0 heterocycles. The summed E-state index contributed by atoms with van der Waals surface area (Å²) in [6.45, 7) is 5.31. The van der Waals surface area contributed by atoms with E-state index in [0.29, 0.717) is 19.8 Å². The molecule has 1 fully saturated rings. The standard InChI is InChI=1S/C31H32N2O3S.ClH.Ru/c1-24-16-18-29(19-17-24)37(34,35)33-31(28-14-7-4-8-15-28)30(27-12-5-3-6-13-27)32-20-21-36-23-26-11-9-10-25(2)22-26;;/h3-19,22,30-31H,20-21,23H2,1-2H3;1H;/q-2;;+3/p-1/t30-,31-;;/m1../s1. The molecule has 3 aromatic carbocycles. The zero-order chi connectivity index (χ0) is 26.1. The zero-order valence-electron chi connectivity index (χ0n) is 21.9. The van der Waals surface area contributed by atoms with Crippen LogP contribution < -0.4 is 12.4 Å². The molecule has 0 unspecified atom stereocenters. The molecule has 39 heavy (non-hydrogen) atoms. The van der Waals surface area contributed by atoms with Crippen LogP contribution in [0, 0.1) is 44.4 Å². The van der Waals surface area contributed by atoms with Gasteiger partial charge in [0.2, 0.25) is 0 Å². The molecule has 5 nitrogen and oxygen atoms in total. The van der Waals surface area contributed by atoms with Gasteiger partial charge in [-0.1, -0.05) is 96.4 Å². The smallest absolute Gasteiger partial charge is 1.00 e. The number of ether oxygens (including phenoxy) is 1. The predicted molar refractivity (Wildman–Crippen MR) is 148 cm³/mol. The fourth-order valence-corrected chi connectivity index (χ4v) is 5.30. The van der Waals surface area contributed by atoms with Crippen LogP contribution in [0.2, 0.25) is 0 Å². The summed E-state index contributed by atoms with van der Waals surface area (Å²) in [5, 5.41) is 4.93. The topological polar surface area (TPSA) is 71.6 Å². The third-order valence-corrected chi connectivity index (χ3v) is 7.44. The van der Waals surface area contributed by atoms with Crippen molar-refractivity contribution >= 4 is 10.0 Å². The molecule has 205 valence electrons. The van der Waals surface area contributed by atoms with Gasteiger partial charge in [0.1, 0.15) is 10.0 Å². The molecular formula is C31H32ClN2O3RuS. The van der Waals surface area contributed by atoms with Gasteiger partial charge in [-0.05, 0) is 50.7 Å². The molecule has 2 atom stereocenters. The van der Waals surface area contributed by atoms with Crippen molar-refractivity contribution in [1.29, 1.82) is 0 Å². The Morgan fingerprint density at radius 3 is 1.97 bits per heavy atom. The van der Waals surface area contributed by atoms with Gasteiger partial charge in [-0.15, -0.1) is 18.6 Å². The second-order valence-corrected chi connectivity index (χ2v) is 10.7. The fraction of sp³-hybridized carbons (Fsp3) is 0.226. The first-order chi connectivity index (χ1) is 17.9. The summed E-state index contributed by atoms with van der Waals surface area (Å²) in [7, 11) is -3.92. The van der Waals surface area contributed by atoms with E-state index in [9.17, 15) is 8.42 Å². The molecule has 0 N–H and O–H groups in total. The Bertz CT molecular complexity index is 1200. The van der Waals surface area contributed by atoms with Crippen LogP contribution in [0.5, 0.6) is 0 Å². The molecule has 1 saturated carbocycles. The van der Waals surface area contributed by atoms with Crippen LogP contribution in [0.25, 0.3) is 10.0 Å². The molecule has 0 spiro atoms. The summed E-state index contributed by atoms with van der Waals surface area (Å²) in [5.41, 5.74) is 2.68. The molecule has 1 aliphatic carbocycles. The van der Waals surface area contributed by atoms with E-state index in [1.165, 1.54) is 5.92 Å². The summed E-state index contributed by atoms with van der Waals surface area (Å²) >= 11 is 0. The van der Waals surface area contributed by atoms with Gasteiger partial charge in [0.15, 0.2) is 0 Å². The van der Waals surface area contributed by atoms with E-state index >= 15 is 0 Å². The molecule has 7 radical (unpaired) electrons. The number of nitrogens with zero attached hydrogens (tertiary/aromatic N) is 2. The van der Waals surface area contributed by atoms with Gasteiger partial charge in [-0.2, -0.15) is 0 Å². The molecule has 0 aliphatic heterocycles. The van der Waals surface area contributed by atoms with Gasteiger partial charge in [-0.3, -0.25) is 0 Å². The number of aryl methyl sites for hydroxylation is 1. The zero-order valence-corrected chi connectivity index (χ0v) is 25.2. The Balaban J connectivity index is 0.00000267. The second-order valence-electron chi connectivity index (χ2n) is 9.05. The van der Waals surface area contributed by atoms with Crippen LogP contribution in [0.15, 0.2) is 89.8 Å². The summed E-state index contributed by atoms with van der Waals surface area (Å²) in [6.07, 6.45) is 8.22. The number of halogens is 1. The quantitative estimate of drug-likeness (QED) is 0.221. The number of hydrogen-bond donors (Lipinski definition) is 0. The van der Waals surface area contributed by atoms with E-state index < -0.39 is 22.1 Å². The van der Waals surface area contributed by atoms with Crippen molar-refractivity contribution in [2.75, 3.05) is 19.8 Å². The molecule has 0 bridgehead atoms. The minimum Gasteiger partial charge on any atom is -1.00 e. The number of sulfonamides is 1. The van der Waals surface area contributed by atoms with Crippen molar-refractivity contribution in [2.45, 2.75) is 30.8 Å². The van der Waals surface area contributed by atoms with Crippen molar-refractivity contribution < 1.29 is 45.0 Å². The monoisotopic (exact) mass is 649 g/mol. The maximum atomic E-state index is 13.4. The van der Waals surface area contributed by atoms with Gasteiger partial charge < -0.3 is 27.2 Å². The average molecular weight is 649 g/mol. The van der Waals surface area contributed by atoms with Gasteiger partial charge in [0.05, 0.1) is 6.61 Å². The second kappa shape index (κ2) is 16.6. The average Bonchev–Trinajstić information content (AvgIpc) is 2.91.